The van der Waals surface area contributed by atoms with Gasteiger partial charge in [-0.05, 0) is 43.7 Å². The summed E-state index contributed by atoms with van der Waals surface area (Å²) in [4.78, 5) is 0. The molecule has 1 rings (SSSR count). The minimum Gasteiger partial charge on any atom is -0.330 e. The van der Waals surface area contributed by atoms with Crippen LogP contribution in [0.2, 0.25) is 0 Å². The molecule has 2 atom stereocenters. The van der Waals surface area contributed by atoms with E-state index < -0.39 is 0 Å². The van der Waals surface area contributed by atoms with Crippen LogP contribution in [0.4, 0.5) is 0 Å². The molecule has 0 radical (unpaired) electrons. The van der Waals surface area contributed by atoms with Crippen LogP contribution in [0.25, 0.3) is 0 Å². The van der Waals surface area contributed by atoms with Crippen molar-refractivity contribution < 1.29 is 0 Å². The molecule has 1 aliphatic heterocycles. The van der Waals surface area contributed by atoms with E-state index >= 15 is 0 Å². The zero-order valence-electron chi connectivity index (χ0n) is 9.97. The van der Waals surface area contributed by atoms with Crippen molar-refractivity contribution in [2.75, 3.05) is 13.1 Å². The van der Waals surface area contributed by atoms with Gasteiger partial charge in [-0.15, -0.1) is 0 Å². The highest BCUT2D eigenvalue weighted by Crippen LogP contribution is 2.28. The summed E-state index contributed by atoms with van der Waals surface area (Å²) < 4.78 is 0. The van der Waals surface area contributed by atoms with Crippen molar-refractivity contribution in [1.82, 2.24) is 5.32 Å². The summed E-state index contributed by atoms with van der Waals surface area (Å²) in [7, 11) is 0. The summed E-state index contributed by atoms with van der Waals surface area (Å²) in [6, 6.07) is 0.674. The fourth-order valence-electron chi connectivity index (χ4n) is 2.46. The maximum absolute atomic E-state index is 5.87. The lowest BCUT2D eigenvalue weighted by Crippen LogP contribution is -2.44. The molecule has 2 nitrogen and oxygen atoms in total. The highest BCUT2D eigenvalue weighted by atomic mass is 14.9. The van der Waals surface area contributed by atoms with Gasteiger partial charge in [-0.2, -0.15) is 0 Å². The van der Waals surface area contributed by atoms with Crippen LogP contribution < -0.4 is 11.1 Å². The largest absolute Gasteiger partial charge is 0.330 e. The van der Waals surface area contributed by atoms with Crippen LogP contribution in [0, 0.1) is 11.3 Å². The van der Waals surface area contributed by atoms with E-state index in [1.807, 2.05) is 0 Å². The van der Waals surface area contributed by atoms with Crippen LogP contribution in [0.3, 0.4) is 0 Å². The average molecular weight is 198 g/mol. The summed E-state index contributed by atoms with van der Waals surface area (Å²) in [5.41, 5.74) is 6.28. The van der Waals surface area contributed by atoms with Gasteiger partial charge in [-0.1, -0.05) is 27.2 Å². The molecule has 0 aliphatic carbocycles. The van der Waals surface area contributed by atoms with Crippen molar-refractivity contribution in [1.29, 1.82) is 0 Å². The summed E-state index contributed by atoms with van der Waals surface area (Å²) >= 11 is 0. The molecular formula is C12H26N2. The SMILES string of the molecule is CC(C)(C)C[C@@H](CN)[C@@H]1CCCCN1. The number of hydrogen-bond donors (Lipinski definition) is 2. The van der Waals surface area contributed by atoms with Gasteiger partial charge in [0, 0.05) is 6.04 Å². The molecule has 0 unspecified atom stereocenters. The standard InChI is InChI=1S/C12H26N2/c1-12(2,3)8-10(9-13)11-6-4-5-7-14-11/h10-11,14H,4-9,13H2,1-3H3/t10-,11-/m0/s1. The lowest BCUT2D eigenvalue weighted by atomic mass is 9.79. The Morgan fingerprint density at radius 2 is 2.07 bits per heavy atom. The lowest BCUT2D eigenvalue weighted by molar-refractivity contribution is 0.219. The zero-order valence-corrected chi connectivity index (χ0v) is 9.97. The summed E-state index contributed by atoms with van der Waals surface area (Å²) in [5.74, 6) is 0.662. The van der Waals surface area contributed by atoms with Crippen molar-refractivity contribution in [3.63, 3.8) is 0 Å². The molecule has 1 aliphatic rings. The minimum atomic E-state index is 0.406. The highest BCUT2D eigenvalue weighted by molar-refractivity contribution is 4.83. The van der Waals surface area contributed by atoms with Gasteiger partial charge >= 0.3 is 0 Å². The molecule has 84 valence electrons. The van der Waals surface area contributed by atoms with Crippen LogP contribution in [-0.4, -0.2) is 19.1 Å². The van der Waals surface area contributed by atoms with Crippen molar-refractivity contribution in [3.8, 4) is 0 Å². The van der Waals surface area contributed by atoms with E-state index in [-0.39, 0.29) is 0 Å². The summed E-state index contributed by atoms with van der Waals surface area (Å²) in [6.07, 6.45) is 5.26. The Bertz CT molecular complexity index is 154. The molecule has 2 heteroatoms. The Morgan fingerprint density at radius 3 is 2.50 bits per heavy atom. The number of nitrogens with two attached hydrogens (primary N) is 1. The minimum absolute atomic E-state index is 0.406. The first-order valence-electron chi connectivity index (χ1n) is 5.96. The molecule has 1 fully saturated rings. The Labute approximate surface area is 88.6 Å². The Balaban J connectivity index is 2.43. The molecule has 0 spiro atoms. The van der Waals surface area contributed by atoms with E-state index in [1.165, 1.54) is 32.2 Å². The number of nitrogens with one attached hydrogen (secondary N) is 1. The second-order valence-corrected chi connectivity index (χ2v) is 5.82. The Morgan fingerprint density at radius 1 is 1.36 bits per heavy atom. The van der Waals surface area contributed by atoms with E-state index in [0.717, 1.165) is 6.54 Å². The maximum atomic E-state index is 5.87. The molecule has 3 N–H and O–H groups in total. The van der Waals surface area contributed by atoms with E-state index in [0.29, 0.717) is 17.4 Å². The fourth-order valence-corrected chi connectivity index (χ4v) is 2.46. The highest BCUT2D eigenvalue weighted by Gasteiger charge is 2.26. The monoisotopic (exact) mass is 198 g/mol. The topological polar surface area (TPSA) is 38.0 Å². The molecule has 1 saturated heterocycles. The molecule has 14 heavy (non-hydrogen) atoms. The first kappa shape index (κ1) is 12.0. The van der Waals surface area contributed by atoms with E-state index in [2.05, 4.69) is 26.1 Å². The van der Waals surface area contributed by atoms with E-state index in [4.69, 9.17) is 5.73 Å². The van der Waals surface area contributed by atoms with Crippen molar-refractivity contribution in [2.24, 2.45) is 17.1 Å². The van der Waals surface area contributed by atoms with E-state index in [9.17, 15) is 0 Å². The third kappa shape index (κ3) is 3.97. The predicted molar refractivity (Wildman–Crippen MR) is 62.3 cm³/mol. The van der Waals surface area contributed by atoms with Gasteiger partial charge in [0.1, 0.15) is 0 Å². The van der Waals surface area contributed by atoms with Gasteiger partial charge in [-0.25, -0.2) is 0 Å². The van der Waals surface area contributed by atoms with Crippen LogP contribution >= 0.6 is 0 Å². The third-order valence-electron chi connectivity index (χ3n) is 3.09. The van der Waals surface area contributed by atoms with Crippen LogP contribution in [-0.2, 0) is 0 Å². The molecule has 0 saturated carbocycles. The fraction of sp³-hybridized carbons (Fsp3) is 1.00. The molecule has 1 heterocycles. The maximum Gasteiger partial charge on any atom is 0.0108 e. The normalized spacial score (nSPS) is 26.1. The molecule has 0 bridgehead atoms. The predicted octanol–water partition coefficient (Wildman–Crippen LogP) is 2.14. The van der Waals surface area contributed by atoms with Gasteiger partial charge < -0.3 is 11.1 Å². The first-order chi connectivity index (χ1) is 6.53. The van der Waals surface area contributed by atoms with Gasteiger partial charge in [0.2, 0.25) is 0 Å². The summed E-state index contributed by atoms with van der Waals surface area (Å²) in [5, 5.41) is 3.61. The van der Waals surface area contributed by atoms with Crippen LogP contribution in [0.5, 0.6) is 0 Å². The van der Waals surface area contributed by atoms with Crippen LogP contribution in [0.15, 0.2) is 0 Å². The second-order valence-electron chi connectivity index (χ2n) is 5.82. The van der Waals surface area contributed by atoms with Gasteiger partial charge in [0.05, 0.1) is 0 Å². The van der Waals surface area contributed by atoms with Gasteiger partial charge in [-0.3, -0.25) is 0 Å². The smallest absolute Gasteiger partial charge is 0.0108 e. The Hall–Kier alpha value is -0.0800. The average Bonchev–Trinajstić information content (AvgIpc) is 2.14. The zero-order chi connectivity index (χ0) is 10.6. The van der Waals surface area contributed by atoms with Crippen molar-refractivity contribution in [3.05, 3.63) is 0 Å². The van der Waals surface area contributed by atoms with Crippen molar-refractivity contribution >= 4 is 0 Å². The lowest BCUT2D eigenvalue weighted by Gasteiger charge is -2.34. The summed E-state index contributed by atoms with van der Waals surface area (Å²) in [6.45, 7) is 8.93. The van der Waals surface area contributed by atoms with Gasteiger partial charge in [0.25, 0.3) is 0 Å². The quantitative estimate of drug-likeness (QED) is 0.729. The van der Waals surface area contributed by atoms with Gasteiger partial charge in [0.15, 0.2) is 0 Å². The van der Waals surface area contributed by atoms with Crippen LogP contribution in [0.1, 0.15) is 46.5 Å². The molecule has 0 amide bonds. The van der Waals surface area contributed by atoms with E-state index in [1.54, 1.807) is 0 Å². The first-order valence-corrected chi connectivity index (χ1v) is 5.96. The second kappa shape index (κ2) is 5.13. The Kier molecular flexibility index (Phi) is 4.39. The number of hydrogen-bond acceptors (Lipinski definition) is 2. The number of piperidine rings is 1. The number of rotatable bonds is 3. The third-order valence-corrected chi connectivity index (χ3v) is 3.09. The molecule has 0 aromatic heterocycles. The molecule has 0 aromatic carbocycles. The molecular weight excluding hydrogens is 172 g/mol. The van der Waals surface area contributed by atoms with Crippen molar-refractivity contribution in [2.45, 2.75) is 52.5 Å². The molecule has 0 aromatic rings.